The number of hydrogen-bond donors (Lipinski definition) is 2. The highest BCUT2D eigenvalue weighted by Crippen LogP contribution is 2.51. The first-order valence-electron chi connectivity index (χ1n) is 6.59. The molecule has 106 valence electrons. The molecule has 18 heavy (non-hydrogen) atoms. The van der Waals surface area contributed by atoms with E-state index in [1.54, 1.807) is 0 Å². The second-order valence-electron chi connectivity index (χ2n) is 6.15. The molecule has 1 heterocycles. The molecule has 1 aliphatic carbocycles. The van der Waals surface area contributed by atoms with Crippen LogP contribution in [0.3, 0.4) is 0 Å². The summed E-state index contributed by atoms with van der Waals surface area (Å²) in [4.78, 5) is 11.8. The van der Waals surface area contributed by atoms with Crippen LogP contribution < -0.4 is 11.1 Å². The molecule has 0 radical (unpaired) electrons. The number of nitrogens with two attached hydrogens (primary N) is 1. The Hall–Kier alpha value is -0.320. The van der Waals surface area contributed by atoms with Crippen LogP contribution in [0.5, 0.6) is 0 Å². The molecule has 4 nitrogen and oxygen atoms in total. The van der Waals surface area contributed by atoms with Gasteiger partial charge in [0.25, 0.3) is 0 Å². The van der Waals surface area contributed by atoms with Gasteiger partial charge in [0.05, 0.1) is 6.10 Å². The summed E-state index contributed by atoms with van der Waals surface area (Å²) in [6.45, 7) is 7.08. The number of carbonyl (C=O) groups excluding carboxylic acids is 1. The van der Waals surface area contributed by atoms with Gasteiger partial charge in [-0.15, -0.1) is 12.4 Å². The number of amides is 1. The minimum Gasteiger partial charge on any atom is -0.377 e. The molecule has 1 aliphatic heterocycles. The van der Waals surface area contributed by atoms with E-state index in [1.807, 2.05) is 6.92 Å². The predicted molar refractivity (Wildman–Crippen MR) is 73.7 cm³/mol. The lowest BCUT2D eigenvalue weighted by molar-refractivity contribution is -0.193. The Labute approximate surface area is 115 Å². The standard InChI is InChI=1S/C13H24N2O2.ClH/c1-8(14)7-10(16)15-11-9-5-4-6-17-12(9)13(11,2)3;/h8-9,11-12H,4-7,14H2,1-3H3,(H,15,16);1H. The van der Waals surface area contributed by atoms with Crippen molar-refractivity contribution >= 4 is 18.3 Å². The van der Waals surface area contributed by atoms with Crippen molar-refractivity contribution in [2.45, 2.75) is 58.2 Å². The summed E-state index contributed by atoms with van der Waals surface area (Å²) in [7, 11) is 0. The van der Waals surface area contributed by atoms with Crippen LogP contribution in [0, 0.1) is 11.3 Å². The number of nitrogens with one attached hydrogen (secondary N) is 1. The van der Waals surface area contributed by atoms with Gasteiger partial charge < -0.3 is 15.8 Å². The molecule has 0 bridgehead atoms. The van der Waals surface area contributed by atoms with Gasteiger partial charge in [0, 0.05) is 36.4 Å². The van der Waals surface area contributed by atoms with Crippen LogP contribution >= 0.6 is 12.4 Å². The average Bonchev–Trinajstić information content (AvgIpc) is 2.25. The van der Waals surface area contributed by atoms with Crippen LogP contribution in [0.15, 0.2) is 0 Å². The summed E-state index contributed by atoms with van der Waals surface area (Å²) in [6, 6.07) is 0.177. The maximum absolute atomic E-state index is 11.8. The zero-order chi connectivity index (χ0) is 12.6. The van der Waals surface area contributed by atoms with Gasteiger partial charge in [-0.05, 0) is 19.8 Å². The summed E-state index contributed by atoms with van der Waals surface area (Å²) in [5, 5.41) is 3.14. The Kier molecular flexibility index (Phi) is 5.04. The van der Waals surface area contributed by atoms with Gasteiger partial charge in [0.15, 0.2) is 0 Å². The van der Waals surface area contributed by atoms with Gasteiger partial charge >= 0.3 is 0 Å². The maximum atomic E-state index is 11.8. The molecule has 0 spiro atoms. The molecule has 1 saturated heterocycles. The van der Waals surface area contributed by atoms with Gasteiger partial charge in [0.1, 0.15) is 0 Å². The highest BCUT2D eigenvalue weighted by molar-refractivity contribution is 5.85. The number of rotatable bonds is 3. The third-order valence-electron chi connectivity index (χ3n) is 4.15. The van der Waals surface area contributed by atoms with Gasteiger partial charge in [-0.1, -0.05) is 13.8 Å². The smallest absolute Gasteiger partial charge is 0.221 e. The minimum atomic E-state index is -0.0726. The lowest BCUT2D eigenvalue weighted by Gasteiger charge is -2.59. The fourth-order valence-corrected chi connectivity index (χ4v) is 3.34. The lowest BCUT2D eigenvalue weighted by atomic mass is 9.55. The second kappa shape index (κ2) is 5.76. The average molecular weight is 277 g/mol. The Bertz CT molecular complexity index is 307. The molecular weight excluding hydrogens is 252 g/mol. The molecule has 2 fully saturated rings. The zero-order valence-electron chi connectivity index (χ0n) is 11.4. The molecule has 4 atom stereocenters. The molecule has 5 heteroatoms. The van der Waals surface area contributed by atoms with Crippen LogP contribution in [0.1, 0.15) is 40.0 Å². The first-order valence-corrected chi connectivity index (χ1v) is 6.59. The van der Waals surface area contributed by atoms with Crippen molar-refractivity contribution in [1.29, 1.82) is 0 Å². The third-order valence-corrected chi connectivity index (χ3v) is 4.15. The number of halogens is 1. The van der Waals surface area contributed by atoms with Crippen LogP contribution in [0.2, 0.25) is 0 Å². The molecule has 2 aliphatic rings. The summed E-state index contributed by atoms with van der Waals surface area (Å²) in [6.07, 6.45) is 3.00. The molecule has 1 amide bonds. The van der Waals surface area contributed by atoms with Crippen LogP contribution in [0.4, 0.5) is 0 Å². The van der Waals surface area contributed by atoms with E-state index >= 15 is 0 Å². The fraction of sp³-hybridized carbons (Fsp3) is 0.923. The Balaban J connectivity index is 0.00000162. The molecule has 1 saturated carbocycles. The largest absolute Gasteiger partial charge is 0.377 e. The van der Waals surface area contributed by atoms with Gasteiger partial charge in [-0.3, -0.25) is 4.79 Å². The van der Waals surface area contributed by atoms with Gasteiger partial charge in [0.2, 0.25) is 5.91 Å². The maximum Gasteiger partial charge on any atom is 0.221 e. The number of ether oxygens (including phenoxy) is 1. The van der Waals surface area contributed by atoms with Crippen molar-refractivity contribution in [2.75, 3.05) is 6.61 Å². The molecule has 0 aromatic rings. The monoisotopic (exact) mass is 276 g/mol. The Morgan fingerprint density at radius 2 is 2.22 bits per heavy atom. The molecule has 0 aromatic heterocycles. The molecule has 3 N–H and O–H groups in total. The SMILES string of the molecule is CC(N)CC(=O)NC1C2CCCOC2C1(C)C.Cl. The first-order chi connectivity index (χ1) is 7.93. The van der Waals surface area contributed by atoms with E-state index in [9.17, 15) is 4.79 Å². The highest BCUT2D eigenvalue weighted by Gasteiger charge is 2.58. The van der Waals surface area contributed by atoms with Crippen molar-refractivity contribution in [3.63, 3.8) is 0 Å². The van der Waals surface area contributed by atoms with E-state index in [2.05, 4.69) is 19.2 Å². The number of carbonyl (C=O) groups is 1. The molecule has 0 aromatic carbocycles. The highest BCUT2D eigenvalue weighted by atomic mass is 35.5. The van der Waals surface area contributed by atoms with Crippen molar-refractivity contribution in [3.8, 4) is 0 Å². The van der Waals surface area contributed by atoms with E-state index in [0.29, 0.717) is 18.4 Å². The first kappa shape index (κ1) is 15.7. The van der Waals surface area contributed by atoms with Crippen molar-refractivity contribution in [2.24, 2.45) is 17.1 Å². The van der Waals surface area contributed by atoms with E-state index in [4.69, 9.17) is 10.5 Å². The lowest BCUT2D eigenvalue weighted by Crippen LogP contribution is -2.70. The quantitative estimate of drug-likeness (QED) is 0.820. The molecular formula is C13H25ClN2O2. The minimum absolute atomic E-state index is 0. The van der Waals surface area contributed by atoms with E-state index in [-0.39, 0.29) is 35.8 Å². The number of hydrogen-bond acceptors (Lipinski definition) is 3. The molecule has 2 rings (SSSR count). The van der Waals surface area contributed by atoms with E-state index < -0.39 is 0 Å². The van der Waals surface area contributed by atoms with E-state index in [1.165, 1.54) is 0 Å². The van der Waals surface area contributed by atoms with Crippen molar-refractivity contribution < 1.29 is 9.53 Å². The summed E-state index contributed by atoms with van der Waals surface area (Å²) < 4.78 is 5.81. The summed E-state index contributed by atoms with van der Waals surface area (Å²) in [5.41, 5.74) is 5.70. The predicted octanol–water partition coefficient (Wildman–Crippen LogP) is 1.47. The van der Waals surface area contributed by atoms with Crippen molar-refractivity contribution in [1.82, 2.24) is 5.32 Å². The topological polar surface area (TPSA) is 64.4 Å². The number of fused-ring (bicyclic) bond motifs is 1. The summed E-state index contributed by atoms with van der Waals surface area (Å²) >= 11 is 0. The van der Waals surface area contributed by atoms with Gasteiger partial charge in [-0.25, -0.2) is 0 Å². The second-order valence-corrected chi connectivity index (χ2v) is 6.15. The Morgan fingerprint density at radius 3 is 2.83 bits per heavy atom. The summed E-state index contributed by atoms with van der Waals surface area (Å²) in [5.74, 6) is 0.567. The normalized spacial score (nSPS) is 34.6. The zero-order valence-corrected chi connectivity index (χ0v) is 12.3. The van der Waals surface area contributed by atoms with Crippen LogP contribution in [0.25, 0.3) is 0 Å². The molecule has 4 unspecified atom stereocenters. The van der Waals surface area contributed by atoms with E-state index in [0.717, 1.165) is 19.4 Å². The fourth-order valence-electron chi connectivity index (χ4n) is 3.34. The Morgan fingerprint density at radius 1 is 1.56 bits per heavy atom. The van der Waals surface area contributed by atoms with Gasteiger partial charge in [-0.2, -0.15) is 0 Å². The third kappa shape index (κ3) is 2.81. The van der Waals surface area contributed by atoms with Crippen molar-refractivity contribution in [3.05, 3.63) is 0 Å². The van der Waals surface area contributed by atoms with Crippen LogP contribution in [-0.4, -0.2) is 30.7 Å². The van der Waals surface area contributed by atoms with Crippen LogP contribution in [-0.2, 0) is 9.53 Å².